The van der Waals surface area contributed by atoms with Crippen molar-refractivity contribution in [2.75, 3.05) is 17.3 Å². The third-order valence-electron chi connectivity index (χ3n) is 3.59. The molecule has 18 heavy (non-hydrogen) atoms. The maximum Gasteiger partial charge on any atom is 0.148 e. The van der Waals surface area contributed by atoms with Crippen molar-refractivity contribution < 1.29 is 0 Å². The topological polar surface area (TPSA) is 75.9 Å². The van der Waals surface area contributed by atoms with Gasteiger partial charge in [0.1, 0.15) is 17.5 Å². The van der Waals surface area contributed by atoms with E-state index in [9.17, 15) is 0 Å². The van der Waals surface area contributed by atoms with E-state index in [0.29, 0.717) is 5.41 Å². The summed E-state index contributed by atoms with van der Waals surface area (Å²) in [6, 6.07) is 0. The summed E-state index contributed by atoms with van der Waals surface area (Å²) in [6.07, 6.45) is 4.51. The largest absolute Gasteiger partial charge is 0.369 e. The Balaban J connectivity index is 2.17. The first-order chi connectivity index (χ1) is 8.58. The Bertz CT molecular complexity index is 426. The van der Waals surface area contributed by atoms with Crippen LogP contribution in [-0.4, -0.2) is 16.5 Å². The molecule has 5 nitrogen and oxygen atoms in total. The molecule has 0 radical (unpaired) electrons. The molecular weight excluding hydrogens is 226 g/mol. The standard InChI is InChI=1S/C13H23N5/c1-4-5-10-16-11(9(2)12(17-10)18-14)15-8-13(3)6-7-13/h4-8,14H2,1-3H3,(H2,15,16,17,18). The number of nitrogen functional groups attached to an aromatic ring is 1. The highest BCUT2D eigenvalue weighted by Gasteiger charge is 2.37. The third kappa shape index (κ3) is 2.90. The molecule has 1 fully saturated rings. The molecule has 0 aliphatic heterocycles. The van der Waals surface area contributed by atoms with E-state index in [4.69, 9.17) is 5.84 Å². The van der Waals surface area contributed by atoms with Crippen molar-refractivity contribution in [3.8, 4) is 0 Å². The Kier molecular flexibility index (Phi) is 3.71. The molecule has 1 aliphatic rings. The van der Waals surface area contributed by atoms with Gasteiger partial charge in [0, 0.05) is 18.5 Å². The first-order valence-electron chi connectivity index (χ1n) is 6.66. The van der Waals surface area contributed by atoms with Gasteiger partial charge >= 0.3 is 0 Å². The van der Waals surface area contributed by atoms with Gasteiger partial charge in [-0.1, -0.05) is 13.8 Å². The lowest BCUT2D eigenvalue weighted by atomic mass is 10.1. The molecule has 100 valence electrons. The normalized spacial score (nSPS) is 16.4. The molecule has 0 atom stereocenters. The van der Waals surface area contributed by atoms with Crippen molar-refractivity contribution >= 4 is 11.6 Å². The second kappa shape index (κ2) is 5.10. The van der Waals surface area contributed by atoms with Crippen LogP contribution in [0.3, 0.4) is 0 Å². The van der Waals surface area contributed by atoms with Crippen LogP contribution in [0, 0.1) is 12.3 Å². The summed E-state index contributed by atoms with van der Waals surface area (Å²) >= 11 is 0. The molecule has 1 saturated carbocycles. The van der Waals surface area contributed by atoms with Crippen LogP contribution >= 0.6 is 0 Å². The molecule has 1 heterocycles. The van der Waals surface area contributed by atoms with Crippen molar-refractivity contribution in [2.45, 2.75) is 46.5 Å². The summed E-state index contributed by atoms with van der Waals surface area (Å²) in [5.41, 5.74) is 4.10. The first kappa shape index (κ1) is 13.1. The monoisotopic (exact) mass is 249 g/mol. The lowest BCUT2D eigenvalue weighted by Crippen LogP contribution is -2.18. The molecular formula is C13H23N5. The average molecular weight is 249 g/mol. The number of nitrogens with zero attached hydrogens (tertiary/aromatic N) is 2. The Morgan fingerprint density at radius 3 is 2.50 bits per heavy atom. The van der Waals surface area contributed by atoms with Crippen LogP contribution in [0.4, 0.5) is 11.6 Å². The van der Waals surface area contributed by atoms with Gasteiger partial charge in [-0.3, -0.25) is 0 Å². The molecule has 1 aliphatic carbocycles. The van der Waals surface area contributed by atoms with Crippen molar-refractivity contribution in [1.82, 2.24) is 9.97 Å². The fourth-order valence-corrected chi connectivity index (χ4v) is 1.90. The second-order valence-electron chi connectivity index (χ2n) is 5.52. The van der Waals surface area contributed by atoms with Crippen LogP contribution in [0.1, 0.15) is 44.5 Å². The quantitative estimate of drug-likeness (QED) is 0.532. The number of nitrogens with one attached hydrogen (secondary N) is 2. The van der Waals surface area contributed by atoms with Gasteiger partial charge in [0.05, 0.1) is 0 Å². The molecule has 2 rings (SSSR count). The van der Waals surface area contributed by atoms with Crippen molar-refractivity contribution in [1.29, 1.82) is 0 Å². The van der Waals surface area contributed by atoms with Crippen LogP contribution in [0.25, 0.3) is 0 Å². The fourth-order valence-electron chi connectivity index (χ4n) is 1.90. The van der Waals surface area contributed by atoms with E-state index in [1.807, 2.05) is 6.92 Å². The summed E-state index contributed by atoms with van der Waals surface area (Å²) in [7, 11) is 0. The minimum Gasteiger partial charge on any atom is -0.369 e. The Hall–Kier alpha value is -1.36. The number of hydrogen-bond acceptors (Lipinski definition) is 5. The molecule has 4 N–H and O–H groups in total. The van der Waals surface area contributed by atoms with Gasteiger partial charge in [0.25, 0.3) is 0 Å². The van der Waals surface area contributed by atoms with Crippen molar-refractivity contribution in [2.24, 2.45) is 11.3 Å². The highest BCUT2D eigenvalue weighted by atomic mass is 15.3. The number of hydrogen-bond donors (Lipinski definition) is 3. The summed E-state index contributed by atoms with van der Waals surface area (Å²) in [5.74, 6) is 7.99. The number of nitrogens with two attached hydrogens (primary N) is 1. The van der Waals surface area contributed by atoms with Gasteiger partial charge in [0.15, 0.2) is 0 Å². The number of hydrazine groups is 1. The number of aromatic nitrogens is 2. The summed E-state index contributed by atoms with van der Waals surface area (Å²) < 4.78 is 0. The van der Waals surface area contributed by atoms with E-state index in [2.05, 4.69) is 34.6 Å². The summed E-state index contributed by atoms with van der Waals surface area (Å²) in [5, 5.41) is 3.44. The van der Waals surface area contributed by atoms with E-state index in [1.54, 1.807) is 0 Å². The molecule has 0 aromatic carbocycles. The lowest BCUT2D eigenvalue weighted by Gasteiger charge is -2.15. The van der Waals surface area contributed by atoms with E-state index in [0.717, 1.165) is 42.4 Å². The van der Waals surface area contributed by atoms with Gasteiger partial charge in [-0.15, -0.1) is 0 Å². The first-order valence-corrected chi connectivity index (χ1v) is 6.66. The molecule has 0 saturated heterocycles. The maximum absolute atomic E-state index is 5.51. The lowest BCUT2D eigenvalue weighted by molar-refractivity contribution is 0.608. The van der Waals surface area contributed by atoms with Gasteiger partial charge in [0.2, 0.25) is 0 Å². The van der Waals surface area contributed by atoms with Gasteiger partial charge in [-0.2, -0.15) is 0 Å². The van der Waals surface area contributed by atoms with Gasteiger partial charge in [-0.05, 0) is 31.6 Å². The molecule has 0 bridgehead atoms. The predicted octanol–water partition coefficient (Wildman–Crippen LogP) is 2.24. The van der Waals surface area contributed by atoms with Gasteiger partial charge in [-0.25, -0.2) is 15.8 Å². The average Bonchev–Trinajstić information content (AvgIpc) is 3.08. The number of aryl methyl sites for hydroxylation is 1. The second-order valence-corrected chi connectivity index (χ2v) is 5.52. The van der Waals surface area contributed by atoms with E-state index < -0.39 is 0 Å². The molecule has 0 unspecified atom stereocenters. The summed E-state index contributed by atoms with van der Waals surface area (Å²) in [6.45, 7) is 7.38. The maximum atomic E-state index is 5.51. The van der Waals surface area contributed by atoms with Crippen molar-refractivity contribution in [3.05, 3.63) is 11.4 Å². The van der Waals surface area contributed by atoms with E-state index >= 15 is 0 Å². The zero-order valence-electron chi connectivity index (χ0n) is 11.5. The Morgan fingerprint density at radius 1 is 1.28 bits per heavy atom. The number of anilines is 2. The van der Waals surface area contributed by atoms with Crippen LogP contribution in [0.15, 0.2) is 0 Å². The van der Waals surface area contributed by atoms with Crippen LogP contribution < -0.4 is 16.6 Å². The van der Waals surface area contributed by atoms with Crippen LogP contribution in [0.5, 0.6) is 0 Å². The molecule has 5 heteroatoms. The van der Waals surface area contributed by atoms with Crippen LogP contribution in [-0.2, 0) is 6.42 Å². The van der Waals surface area contributed by atoms with E-state index in [1.165, 1.54) is 12.8 Å². The van der Waals surface area contributed by atoms with Gasteiger partial charge < -0.3 is 10.7 Å². The molecule has 1 aromatic rings. The summed E-state index contributed by atoms with van der Waals surface area (Å²) in [4.78, 5) is 9.00. The Morgan fingerprint density at radius 2 is 1.94 bits per heavy atom. The number of rotatable bonds is 6. The highest BCUT2D eigenvalue weighted by Crippen LogP contribution is 2.44. The minimum absolute atomic E-state index is 0.457. The van der Waals surface area contributed by atoms with Crippen molar-refractivity contribution in [3.63, 3.8) is 0 Å². The SMILES string of the molecule is CCCc1nc(NN)c(C)c(NCC2(C)CC2)n1. The highest BCUT2D eigenvalue weighted by molar-refractivity contribution is 5.56. The Labute approximate surface area is 109 Å². The third-order valence-corrected chi connectivity index (χ3v) is 3.59. The predicted molar refractivity (Wildman–Crippen MR) is 74.4 cm³/mol. The van der Waals surface area contributed by atoms with E-state index in [-0.39, 0.29) is 0 Å². The molecule has 1 aromatic heterocycles. The minimum atomic E-state index is 0.457. The fraction of sp³-hybridized carbons (Fsp3) is 0.692. The molecule has 0 amide bonds. The molecule has 0 spiro atoms. The zero-order chi connectivity index (χ0) is 13.2. The zero-order valence-corrected chi connectivity index (χ0v) is 11.5. The smallest absolute Gasteiger partial charge is 0.148 e. The van der Waals surface area contributed by atoms with Crippen LogP contribution in [0.2, 0.25) is 0 Å².